The van der Waals surface area contributed by atoms with Gasteiger partial charge in [-0.3, -0.25) is 65.0 Å². The molecule has 14 N–H and O–H groups in total. The number of imidazole rings is 3. The number of aliphatic hydroxyl groups is 4. The summed E-state index contributed by atoms with van der Waals surface area (Å²) in [5.74, 6) is -0.0921. The highest BCUT2D eigenvalue weighted by atomic mass is 31.3. The van der Waals surface area contributed by atoms with Gasteiger partial charge in [0.05, 0.1) is 46.1 Å². The minimum Gasteiger partial charge on any atom is -0.756 e. The van der Waals surface area contributed by atoms with Crippen LogP contribution in [0.1, 0.15) is 24.9 Å². The lowest BCUT2D eigenvalue weighted by atomic mass is 10.1. The first-order valence-electron chi connectivity index (χ1n) is 27.8. The van der Waals surface area contributed by atoms with Crippen molar-refractivity contribution in [2.75, 3.05) is 71.1 Å². The van der Waals surface area contributed by atoms with E-state index >= 15 is 0 Å². The Labute approximate surface area is 539 Å². The molecule has 0 bridgehead atoms. The van der Waals surface area contributed by atoms with Crippen LogP contribution in [0.2, 0.25) is 0 Å². The summed E-state index contributed by atoms with van der Waals surface area (Å²) in [6.45, 7) is -4.84. The van der Waals surface area contributed by atoms with Crippen LogP contribution in [0.25, 0.3) is 33.5 Å². The van der Waals surface area contributed by atoms with Gasteiger partial charge < -0.3 is 94.2 Å². The summed E-state index contributed by atoms with van der Waals surface area (Å²) in [5, 5.41) is 43.8. The second-order valence-corrected chi connectivity index (χ2v) is 29.1. The van der Waals surface area contributed by atoms with E-state index < -0.39 is 181 Å². The number of rotatable bonds is 27. The third kappa shape index (κ3) is 15.0. The summed E-state index contributed by atoms with van der Waals surface area (Å²) in [6.07, 6.45) is -21.6. The quantitative estimate of drug-likeness (QED) is 0.0169. The van der Waals surface area contributed by atoms with Gasteiger partial charge in [-0.05, 0) is 0 Å². The van der Waals surface area contributed by atoms with E-state index in [1.165, 1.54) is 33.7 Å². The predicted octanol–water partition coefficient (Wildman–Crippen LogP) is -5.19. The molecule has 4 aliphatic rings. The minimum absolute atomic E-state index is 0.00194. The molecule has 11 heterocycles. The van der Waals surface area contributed by atoms with Gasteiger partial charge in [0.1, 0.15) is 96.9 Å². The molecule has 5 unspecified atom stereocenters. The van der Waals surface area contributed by atoms with E-state index in [-0.39, 0.29) is 51.1 Å². The van der Waals surface area contributed by atoms with Gasteiger partial charge in [0.2, 0.25) is 11.7 Å². The van der Waals surface area contributed by atoms with Crippen molar-refractivity contribution in [3.05, 3.63) is 75.1 Å². The van der Waals surface area contributed by atoms with Crippen molar-refractivity contribution in [1.82, 2.24) is 63.1 Å². The summed E-state index contributed by atoms with van der Waals surface area (Å²) in [6, 6.07) is 0.885. The maximum Gasteiger partial charge on any atom is 0.487 e. The summed E-state index contributed by atoms with van der Waals surface area (Å²) in [7, 11) is -23.3. The average molecular weight is 1480 g/mol. The Kier molecular flexibility index (Phi) is 20.6. The van der Waals surface area contributed by atoms with Crippen molar-refractivity contribution in [3.8, 4) is 0 Å². The van der Waals surface area contributed by atoms with Crippen LogP contribution < -0.4 is 42.6 Å². The van der Waals surface area contributed by atoms with Crippen molar-refractivity contribution in [2.24, 2.45) is 7.05 Å². The number of aromatic nitrogens is 14. The van der Waals surface area contributed by atoms with Crippen LogP contribution in [0.4, 0.5) is 17.6 Å². The number of phosphoric ester groups is 4. The number of nitrogens with zero attached hydrogens (tertiary/aromatic N) is 13. The molecule has 0 aliphatic carbocycles. The number of hydrogen-bond acceptors (Lipinski definition) is 37. The number of H-pyrrole nitrogens is 2. The summed E-state index contributed by atoms with van der Waals surface area (Å²) in [5.41, 5.74) is 9.33. The molecule has 532 valence electrons. The monoisotopic (exact) mass is 1480 g/mol. The van der Waals surface area contributed by atoms with Gasteiger partial charge in [-0.2, -0.15) is 4.31 Å². The molecule has 4 fully saturated rings. The van der Waals surface area contributed by atoms with E-state index in [9.17, 15) is 82.1 Å². The Bertz CT molecular complexity index is 4520. The van der Waals surface area contributed by atoms with Gasteiger partial charge in [0, 0.05) is 40.6 Å². The number of aryl methyl sites for hydroxylation is 1. The highest BCUT2D eigenvalue weighted by Gasteiger charge is 2.56. The Morgan fingerprint density at radius 1 is 0.619 bits per heavy atom. The number of aliphatic hydroxyl groups excluding tert-OH is 4. The molecule has 7 aromatic heterocycles. The summed E-state index contributed by atoms with van der Waals surface area (Å²) >= 11 is 0. The van der Waals surface area contributed by atoms with E-state index in [1.807, 2.05) is 4.98 Å². The Hall–Kier alpha value is -6.24. The third-order valence-corrected chi connectivity index (χ3v) is 21.4. The fourth-order valence-corrected chi connectivity index (χ4v) is 16.2. The molecule has 7 aromatic rings. The first-order valence-corrected chi connectivity index (χ1v) is 35.3. The molecule has 4 aliphatic heterocycles. The molecule has 97 heavy (non-hydrogen) atoms. The zero-order chi connectivity index (χ0) is 70.2. The number of nitrogens with two attached hydrogens (primary N) is 2. The number of methoxy groups -OCH3 is 2. The van der Waals surface area contributed by atoms with Gasteiger partial charge in [0.25, 0.3) is 24.9 Å². The first-order chi connectivity index (χ1) is 45.6. The van der Waals surface area contributed by atoms with E-state index in [1.54, 1.807) is 14.1 Å². The molecule has 0 radical (unpaired) electrons. The average Bonchev–Trinajstić information content (AvgIpc) is 1.63. The van der Waals surface area contributed by atoms with Crippen LogP contribution in [0.15, 0.2) is 58.3 Å². The van der Waals surface area contributed by atoms with E-state index in [2.05, 4.69) is 53.0 Å². The molecular weight excluding hydrogens is 1420 g/mol. The maximum atomic E-state index is 14.3. The van der Waals surface area contributed by atoms with Gasteiger partial charge in [-0.25, -0.2) is 61.8 Å². The molecule has 21 atom stereocenters. The Morgan fingerprint density at radius 3 is 1.66 bits per heavy atom. The number of phosphoric acid groups is 5. The number of hydrogen-bond donors (Lipinski definition) is 12. The largest absolute Gasteiger partial charge is 0.756 e. The van der Waals surface area contributed by atoms with Gasteiger partial charge in [-0.15, -0.1) is 0 Å². The topological polar surface area (TPSA) is 651 Å². The number of nitrogen functional groups attached to an aromatic ring is 2. The SMILES string of the molecule is CO[C@@H]1[C@H](OP(=O)(O)OC[C@H]2O[C@@H](n3cnc4c(N)ncnc43)[C@H](O)[C@@H]2O)[C@@H](COP(=O)(O)O[C@H]2[C@@H](OC)[C@H](n3cnc4c(N)ncnc43)O[C@@H]2COP(=O)(O)OP(=O)(O)OP(=O)([O-])OC[C@H]2O[C@@H]([n+]3cn(C)c4c(=O)[nH]c(N(C)C)nc43)[C@H](O)[C@@H]2O)O[C@H]1n1ccc(=O)[nH]c1=O. The number of aromatic amines is 2. The fraction of sp³-hybridized carbons (Fsp3) is 0.568. The van der Waals surface area contributed by atoms with Crippen molar-refractivity contribution >= 4 is 90.2 Å². The Morgan fingerprint density at radius 2 is 1.11 bits per heavy atom. The number of nitrogens with one attached hydrogen (secondary N) is 2. The van der Waals surface area contributed by atoms with Crippen LogP contribution in [0, 0.1) is 0 Å². The standard InChI is InChI=1S/C44H60N17O31P5/c1-56(2)43-54-37-24(38(67)55-43)57(3)16-61(37)40-28(66)26(64)18(86-40)9-83-95(73,74)91-97(77,78)92-96(75,76)84-11-20-30(32(80-5)42(88-20)60-15-52-23-34(46)48-13-50-36(23)60)90-94(71,72)82-10-19-29(31(79-4)41(87-19)58-7-6-21(62)53-44(58)68)89-93(69,70)81-8-17-25(63)27(65)39(85-17)59-14-51-22-33(45)47-12-49-35(22)59/h6-7,12-20,25-32,39-42,63-66H,8-11H2,1-5H3,(H10-,45,46,47,48,49,50,53,54,55,62,67,68,69,70,71,72,73,74,75,76,77,78)/t17-,18-,19-,20-,25-,26-,27-,28-,29-,30-,31-,32-,39-,40-,41-,42-/m1/s1. The highest BCUT2D eigenvalue weighted by Crippen LogP contribution is 2.67. The lowest BCUT2D eigenvalue weighted by Gasteiger charge is -2.28. The van der Waals surface area contributed by atoms with E-state index in [4.69, 9.17) is 62.5 Å². The van der Waals surface area contributed by atoms with Crippen LogP contribution >= 0.6 is 39.1 Å². The molecule has 4 saturated heterocycles. The molecular formula is C44H60N17O31P5. The fourth-order valence-electron chi connectivity index (χ4n) is 10.8. The molecule has 0 spiro atoms. The molecule has 0 amide bonds. The van der Waals surface area contributed by atoms with Crippen LogP contribution in [-0.2, 0) is 94.1 Å². The molecule has 11 rings (SSSR count). The van der Waals surface area contributed by atoms with Crippen LogP contribution in [0.5, 0.6) is 0 Å². The normalized spacial score (nSPS) is 30.8. The molecule has 53 heteroatoms. The molecule has 0 aromatic carbocycles. The van der Waals surface area contributed by atoms with Gasteiger partial charge in [-0.1, -0.05) is 4.98 Å². The first kappa shape index (κ1) is 72.0. The summed E-state index contributed by atoms with van der Waals surface area (Å²) in [4.78, 5) is 130. The Balaban J connectivity index is 0.775. The zero-order valence-corrected chi connectivity index (χ0v) is 54.8. The highest BCUT2D eigenvalue weighted by molar-refractivity contribution is 7.66. The predicted molar refractivity (Wildman–Crippen MR) is 311 cm³/mol. The minimum atomic E-state index is -6.37. The van der Waals surface area contributed by atoms with Crippen molar-refractivity contribution in [1.29, 1.82) is 0 Å². The number of anilines is 3. The molecule has 48 nitrogen and oxygen atoms in total. The van der Waals surface area contributed by atoms with Crippen molar-refractivity contribution in [3.63, 3.8) is 0 Å². The van der Waals surface area contributed by atoms with Crippen LogP contribution in [0.3, 0.4) is 0 Å². The van der Waals surface area contributed by atoms with Gasteiger partial charge in [0.15, 0.2) is 47.9 Å². The van der Waals surface area contributed by atoms with Gasteiger partial charge >= 0.3 is 42.6 Å². The number of fused-ring (bicyclic) bond motifs is 3. The van der Waals surface area contributed by atoms with E-state index in [0.29, 0.717) is 0 Å². The lowest BCUT2D eigenvalue weighted by Crippen LogP contribution is -2.46. The second-order valence-electron chi connectivity index (χ2n) is 21.7. The third-order valence-electron chi connectivity index (χ3n) is 15.2. The van der Waals surface area contributed by atoms with Crippen LogP contribution in [-0.4, -0.2) is 231 Å². The summed E-state index contributed by atoms with van der Waals surface area (Å²) < 4.78 is 148. The smallest absolute Gasteiger partial charge is 0.487 e. The zero-order valence-electron chi connectivity index (χ0n) is 50.3. The maximum absolute atomic E-state index is 14.3. The molecule has 0 saturated carbocycles. The number of ether oxygens (including phenoxy) is 6. The van der Waals surface area contributed by atoms with Crippen molar-refractivity contribution in [2.45, 2.75) is 98.2 Å². The van der Waals surface area contributed by atoms with Crippen molar-refractivity contribution < 1.29 is 136 Å². The second kappa shape index (κ2) is 27.7. The lowest BCUT2D eigenvalue weighted by molar-refractivity contribution is -0.745. The van der Waals surface area contributed by atoms with E-state index in [0.717, 1.165) is 59.2 Å².